The average molecular weight is 279 g/mol. The van der Waals surface area contributed by atoms with Crippen molar-refractivity contribution in [2.45, 2.75) is 66.3 Å². The van der Waals surface area contributed by atoms with Crippen LogP contribution in [0, 0.1) is 6.92 Å². The number of nitrogens with zero attached hydrogens (tertiary/aromatic N) is 3. The number of nitrogens with one attached hydrogen (secondary N) is 1. The smallest absolute Gasteiger partial charge is 0.148 e. The molecular weight excluding hydrogens is 250 g/mol. The maximum atomic E-state index is 5.58. The third-order valence-corrected chi connectivity index (χ3v) is 3.52. The summed E-state index contributed by atoms with van der Waals surface area (Å²) in [4.78, 5) is 11.5. The molecule has 5 nitrogen and oxygen atoms in total. The quantitative estimate of drug-likeness (QED) is 0.435. The summed E-state index contributed by atoms with van der Waals surface area (Å²) in [7, 11) is 0. The van der Waals surface area contributed by atoms with Crippen molar-refractivity contribution in [3.8, 4) is 0 Å². The Balaban J connectivity index is 3.10. The minimum atomic E-state index is 0.413. The van der Waals surface area contributed by atoms with E-state index >= 15 is 0 Å². The van der Waals surface area contributed by atoms with E-state index < -0.39 is 0 Å². The molecule has 0 fully saturated rings. The first-order chi connectivity index (χ1) is 9.54. The summed E-state index contributed by atoms with van der Waals surface area (Å²) >= 11 is 0. The molecule has 0 aliphatic heterocycles. The first kappa shape index (κ1) is 16.7. The Morgan fingerprint density at radius 2 is 1.90 bits per heavy atom. The highest BCUT2D eigenvalue weighted by Gasteiger charge is 2.18. The number of aryl methyl sites for hydroxylation is 1. The van der Waals surface area contributed by atoms with E-state index in [2.05, 4.69) is 43.0 Å². The normalized spacial score (nSPS) is 10.9. The summed E-state index contributed by atoms with van der Waals surface area (Å²) in [6, 6.07) is 0.413. The number of hydrogen-bond donors (Lipinski definition) is 2. The van der Waals surface area contributed by atoms with Crippen molar-refractivity contribution in [3.63, 3.8) is 0 Å². The molecule has 1 rings (SSSR count). The van der Waals surface area contributed by atoms with E-state index in [1.54, 1.807) is 0 Å². The van der Waals surface area contributed by atoms with Gasteiger partial charge in [-0.2, -0.15) is 0 Å². The number of nitrogen functional groups attached to an aromatic ring is 1. The molecule has 0 unspecified atom stereocenters. The molecule has 0 saturated carbocycles. The molecule has 5 heteroatoms. The van der Waals surface area contributed by atoms with Crippen molar-refractivity contribution < 1.29 is 0 Å². The zero-order chi connectivity index (χ0) is 15.1. The topological polar surface area (TPSA) is 67.1 Å². The zero-order valence-electron chi connectivity index (χ0n) is 13.5. The lowest BCUT2D eigenvalue weighted by molar-refractivity contribution is 0.616. The first-order valence-electron chi connectivity index (χ1n) is 7.65. The Labute approximate surface area is 123 Å². The second-order valence-electron chi connectivity index (χ2n) is 5.43. The van der Waals surface area contributed by atoms with Crippen LogP contribution < -0.4 is 16.2 Å². The van der Waals surface area contributed by atoms with E-state index in [-0.39, 0.29) is 0 Å². The number of nitrogens with two attached hydrogens (primary N) is 1. The van der Waals surface area contributed by atoms with Crippen molar-refractivity contribution in [2.24, 2.45) is 5.84 Å². The van der Waals surface area contributed by atoms with Gasteiger partial charge in [-0.1, -0.05) is 26.7 Å². The third kappa shape index (κ3) is 4.07. The van der Waals surface area contributed by atoms with Gasteiger partial charge < -0.3 is 10.3 Å². The van der Waals surface area contributed by atoms with Gasteiger partial charge in [-0.15, -0.1) is 0 Å². The molecule has 0 bridgehead atoms. The number of unbranched alkanes of at least 4 members (excludes halogenated alkanes) is 2. The molecule has 0 amide bonds. The van der Waals surface area contributed by atoms with Gasteiger partial charge in [-0.25, -0.2) is 15.8 Å². The standard InChI is InChI=1S/C15H29N5/c1-6-8-9-10-20(11(3)4)15-12(5)14(19-16)17-13(7-2)18-15/h11H,6-10,16H2,1-5H3,(H,17,18,19). The Hall–Kier alpha value is -1.36. The van der Waals surface area contributed by atoms with Crippen LogP contribution in [0.3, 0.4) is 0 Å². The van der Waals surface area contributed by atoms with E-state index in [4.69, 9.17) is 10.8 Å². The minimum absolute atomic E-state index is 0.413. The fraction of sp³-hybridized carbons (Fsp3) is 0.733. The highest BCUT2D eigenvalue weighted by atomic mass is 15.3. The first-order valence-corrected chi connectivity index (χ1v) is 7.65. The molecule has 0 spiro atoms. The summed E-state index contributed by atoms with van der Waals surface area (Å²) in [6.07, 6.45) is 4.47. The molecule has 1 heterocycles. The van der Waals surface area contributed by atoms with Gasteiger partial charge in [0.1, 0.15) is 17.5 Å². The zero-order valence-corrected chi connectivity index (χ0v) is 13.5. The second-order valence-corrected chi connectivity index (χ2v) is 5.43. The van der Waals surface area contributed by atoms with Crippen molar-refractivity contribution in [2.75, 3.05) is 16.9 Å². The van der Waals surface area contributed by atoms with Gasteiger partial charge in [0.2, 0.25) is 0 Å². The van der Waals surface area contributed by atoms with Gasteiger partial charge in [0, 0.05) is 24.6 Å². The van der Waals surface area contributed by atoms with Crippen LogP contribution >= 0.6 is 0 Å². The Morgan fingerprint density at radius 3 is 2.40 bits per heavy atom. The van der Waals surface area contributed by atoms with Crippen LogP contribution in [0.1, 0.15) is 58.3 Å². The largest absolute Gasteiger partial charge is 0.354 e. The maximum absolute atomic E-state index is 5.58. The van der Waals surface area contributed by atoms with Gasteiger partial charge in [-0.3, -0.25) is 0 Å². The molecule has 1 aromatic rings. The predicted molar refractivity (Wildman–Crippen MR) is 86.0 cm³/mol. The van der Waals surface area contributed by atoms with Crippen molar-refractivity contribution in [1.82, 2.24) is 9.97 Å². The number of hydrogen-bond acceptors (Lipinski definition) is 5. The van der Waals surface area contributed by atoms with Crippen molar-refractivity contribution in [3.05, 3.63) is 11.4 Å². The fourth-order valence-electron chi connectivity index (χ4n) is 2.27. The molecule has 0 aliphatic carbocycles. The van der Waals surface area contributed by atoms with E-state index in [0.29, 0.717) is 6.04 Å². The summed E-state index contributed by atoms with van der Waals surface area (Å²) < 4.78 is 0. The van der Waals surface area contributed by atoms with Crippen molar-refractivity contribution in [1.29, 1.82) is 0 Å². The predicted octanol–water partition coefficient (Wildman–Crippen LogP) is 3.04. The van der Waals surface area contributed by atoms with Gasteiger partial charge in [-0.05, 0) is 27.2 Å². The molecule has 0 radical (unpaired) electrons. The van der Waals surface area contributed by atoms with Crippen LogP contribution in [0.2, 0.25) is 0 Å². The van der Waals surface area contributed by atoms with E-state index in [1.807, 2.05) is 6.92 Å². The van der Waals surface area contributed by atoms with Crippen LogP contribution in [0.15, 0.2) is 0 Å². The molecule has 3 N–H and O–H groups in total. The van der Waals surface area contributed by atoms with Gasteiger partial charge in [0.05, 0.1) is 0 Å². The molecule has 0 aromatic carbocycles. The molecule has 20 heavy (non-hydrogen) atoms. The highest BCUT2D eigenvalue weighted by molar-refractivity contribution is 5.58. The SMILES string of the molecule is CCCCCN(c1nc(CC)nc(NN)c1C)C(C)C. The molecule has 0 aliphatic rings. The summed E-state index contributed by atoms with van der Waals surface area (Å²) in [5, 5.41) is 0. The summed E-state index contributed by atoms with van der Waals surface area (Å²) in [6.45, 7) is 11.7. The Morgan fingerprint density at radius 1 is 1.20 bits per heavy atom. The van der Waals surface area contributed by atoms with Gasteiger partial charge in [0.15, 0.2) is 0 Å². The van der Waals surface area contributed by atoms with Crippen LogP contribution in [-0.4, -0.2) is 22.6 Å². The third-order valence-electron chi connectivity index (χ3n) is 3.52. The van der Waals surface area contributed by atoms with Gasteiger partial charge in [0.25, 0.3) is 0 Å². The lowest BCUT2D eigenvalue weighted by Gasteiger charge is -2.30. The van der Waals surface area contributed by atoms with Crippen molar-refractivity contribution >= 4 is 11.6 Å². The van der Waals surface area contributed by atoms with E-state index in [9.17, 15) is 0 Å². The van der Waals surface area contributed by atoms with Gasteiger partial charge >= 0.3 is 0 Å². The van der Waals surface area contributed by atoms with E-state index in [0.717, 1.165) is 36.0 Å². The summed E-state index contributed by atoms with van der Waals surface area (Å²) in [5.41, 5.74) is 3.72. The monoisotopic (exact) mass is 279 g/mol. The van der Waals surface area contributed by atoms with Crippen LogP contribution in [0.25, 0.3) is 0 Å². The fourth-order valence-corrected chi connectivity index (χ4v) is 2.27. The molecule has 114 valence electrons. The number of anilines is 2. The molecule has 0 atom stereocenters. The van der Waals surface area contributed by atoms with Crippen LogP contribution in [0.5, 0.6) is 0 Å². The minimum Gasteiger partial charge on any atom is -0.354 e. The number of aromatic nitrogens is 2. The number of hydrazine groups is 1. The number of rotatable bonds is 8. The lowest BCUT2D eigenvalue weighted by atomic mass is 10.2. The highest BCUT2D eigenvalue weighted by Crippen LogP contribution is 2.25. The molecule has 1 aromatic heterocycles. The van der Waals surface area contributed by atoms with Crippen LogP contribution in [-0.2, 0) is 6.42 Å². The Kier molecular flexibility index (Phi) is 6.71. The molecular formula is C15H29N5. The van der Waals surface area contributed by atoms with E-state index in [1.165, 1.54) is 19.3 Å². The summed E-state index contributed by atoms with van der Waals surface area (Å²) in [5.74, 6) is 8.16. The molecule has 0 saturated heterocycles. The maximum Gasteiger partial charge on any atom is 0.148 e. The lowest BCUT2D eigenvalue weighted by Crippen LogP contribution is -2.34. The second kappa shape index (κ2) is 8.04. The average Bonchev–Trinajstić information content (AvgIpc) is 2.44. The van der Waals surface area contributed by atoms with Crippen LogP contribution in [0.4, 0.5) is 11.6 Å². The Bertz CT molecular complexity index is 417.